The second-order valence-electron chi connectivity index (χ2n) is 7.27. The summed E-state index contributed by atoms with van der Waals surface area (Å²) in [7, 11) is -3.54. The summed E-state index contributed by atoms with van der Waals surface area (Å²) in [5.41, 5.74) is 2.52. The normalized spacial score (nSPS) is 15.8. The lowest BCUT2D eigenvalue weighted by Crippen LogP contribution is -2.46. The number of amides is 1. The van der Waals surface area contributed by atoms with Gasteiger partial charge in [0.2, 0.25) is 10.0 Å². The number of aromatic amines is 1. The van der Waals surface area contributed by atoms with Crippen LogP contribution in [0.1, 0.15) is 28.9 Å². The molecule has 2 aromatic carbocycles. The van der Waals surface area contributed by atoms with E-state index in [2.05, 4.69) is 9.71 Å². The highest BCUT2D eigenvalue weighted by Crippen LogP contribution is 2.20. The van der Waals surface area contributed by atoms with E-state index < -0.39 is 10.0 Å². The fourth-order valence-corrected chi connectivity index (χ4v) is 4.87. The maximum Gasteiger partial charge on any atom is 0.270 e. The van der Waals surface area contributed by atoms with Crippen LogP contribution in [0.3, 0.4) is 0 Å². The molecule has 2 heterocycles. The van der Waals surface area contributed by atoms with Gasteiger partial charge >= 0.3 is 0 Å². The smallest absolute Gasteiger partial charge is 0.270 e. The fourth-order valence-electron chi connectivity index (χ4n) is 3.56. The van der Waals surface area contributed by atoms with Crippen molar-refractivity contribution in [3.63, 3.8) is 0 Å². The molecular formula is C21H23N3O3S. The van der Waals surface area contributed by atoms with E-state index in [9.17, 15) is 13.2 Å². The molecular weight excluding hydrogens is 374 g/mol. The van der Waals surface area contributed by atoms with Crippen LogP contribution in [-0.2, 0) is 10.0 Å². The number of piperidine rings is 1. The van der Waals surface area contributed by atoms with Crippen molar-refractivity contribution in [3.05, 3.63) is 65.9 Å². The molecule has 146 valence electrons. The number of para-hydroxylation sites is 1. The molecule has 4 rings (SSSR count). The van der Waals surface area contributed by atoms with Crippen molar-refractivity contribution >= 4 is 26.8 Å². The summed E-state index contributed by atoms with van der Waals surface area (Å²) >= 11 is 0. The molecule has 2 N–H and O–H groups in total. The van der Waals surface area contributed by atoms with E-state index in [1.54, 1.807) is 29.2 Å². The first-order chi connectivity index (χ1) is 13.4. The number of aryl methyl sites for hydroxylation is 1. The SMILES string of the molecule is Cc1ccc(S(=O)(=O)NC2CCN(C(=O)c3cc4ccccc4[nH]3)CC2)cc1. The van der Waals surface area contributed by atoms with Crippen molar-refractivity contribution in [3.8, 4) is 0 Å². The van der Waals surface area contributed by atoms with Crippen LogP contribution in [0.5, 0.6) is 0 Å². The quantitative estimate of drug-likeness (QED) is 0.710. The van der Waals surface area contributed by atoms with E-state index >= 15 is 0 Å². The summed E-state index contributed by atoms with van der Waals surface area (Å²) in [6.07, 6.45) is 1.19. The second kappa shape index (κ2) is 7.41. The minimum atomic E-state index is -3.54. The maximum absolute atomic E-state index is 12.8. The minimum absolute atomic E-state index is 0.0453. The molecule has 0 aliphatic carbocycles. The molecule has 1 amide bonds. The summed E-state index contributed by atoms with van der Waals surface area (Å²) in [6.45, 7) is 2.97. The van der Waals surface area contributed by atoms with Gasteiger partial charge in [0.25, 0.3) is 5.91 Å². The van der Waals surface area contributed by atoms with E-state index in [0.717, 1.165) is 16.5 Å². The standard InChI is InChI=1S/C21H23N3O3S/c1-15-6-8-18(9-7-15)28(26,27)23-17-10-12-24(13-11-17)21(25)20-14-16-4-2-3-5-19(16)22-20/h2-9,14,17,22-23H,10-13H2,1H3. The van der Waals surface area contributed by atoms with Crippen molar-refractivity contribution in [1.29, 1.82) is 0 Å². The Morgan fingerprint density at radius 2 is 1.75 bits per heavy atom. The van der Waals surface area contributed by atoms with Crippen molar-refractivity contribution in [1.82, 2.24) is 14.6 Å². The number of carbonyl (C=O) groups is 1. The second-order valence-corrected chi connectivity index (χ2v) is 8.99. The van der Waals surface area contributed by atoms with Gasteiger partial charge in [-0.15, -0.1) is 0 Å². The Kier molecular flexibility index (Phi) is 4.95. The molecule has 0 spiro atoms. The molecule has 0 saturated carbocycles. The molecule has 28 heavy (non-hydrogen) atoms. The third-order valence-corrected chi connectivity index (χ3v) is 6.73. The van der Waals surface area contributed by atoms with Crippen molar-refractivity contribution in [2.45, 2.75) is 30.7 Å². The van der Waals surface area contributed by atoms with Crippen LogP contribution in [0.15, 0.2) is 59.5 Å². The Hall–Kier alpha value is -2.64. The largest absolute Gasteiger partial charge is 0.351 e. The highest BCUT2D eigenvalue weighted by Gasteiger charge is 2.27. The summed E-state index contributed by atoms with van der Waals surface area (Å²) in [5.74, 6) is -0.0453. The zero-order chi connectivity index (χ0) is 19.7. The molecule has 7 heteroatoms. The van der Waals surface area contributed by atoms with E-state index in [1.807, 2.05) is 37.3 Å². The molecule has 1 fully saturated rings. The topological polar surface area (TPSA) is 82.3 Å². The highest BCUT2D eigenvalue weighted by atomic mass is 32.2. The van der Waals surface area contributed by atoms with Crippen LogP contribution >= 0.6 is 0 Å². The monoisotopic (exact) mass is 397 g/mol. The van der Waals surface area contributed by atoms with Gasteiger partial charge in [-0.25, -0.2) is 13.1 Å². The average molecular weight is 398 g/mol. The van der Waals surface area contributed by atoms with E-state index in [1.165, 1.54) is 0 Å². The number of H-pyrrole nitrogens is 1. The molecule has 3 aromatic rings. The lowest BCUT2D eigenvalue weighted by Gasteiger charge is -2.32. The number of nitrogens with one attached hydrogen (secondary N) is 2. The number of likely N-dealkylation sites (tertiary alicyclic amines) is 1. The summed E-state index contributed by atoms with van der Waals surface area (Å²) in [5, 5.41) is 1.01. The zero-order valence-corrected chi connectivity index (χ0v) is 16.5. The number of carbonyl (C=O) groups excluding carboxylic acids is 1. The number of sulfonamides is 1. The van der Waals surface area contributed by atoms with Crippen LogP contribution in [0.4, 0.5) is 0 Å². The van der Waals surface area contributed by atoms with Gasteiger partial charge < -0.3 is 9.88 Å². The van der Waals surface area contributed by atoms with Gasteiger partial charge in [0.05, 0.1) is 4.90 Å². The van der Waals surface area contributed by atoms with E-state index in [4.69, 9.17) is 0 Å². The molecule has 0 atom stereocenters. The Morgan fingerprint density at radius 3 is 2.43 bits per heavy atom. The predicted octanol–water partition coefficient (Wildman–Crippen LogP) is 3.06. The lowest BCUT2D eigenvalue weighted by molar-refractivity contribution is 0.0706. The number of rotatable bonds is 4. The molecule has 6 nitrogen and oxygen atoms in total. The first-order valence-electron chi connectivity index (χ1n) is 9.38. The van der Waals surface area contributed by atoms with Gasteiger partial charge in [-0.05, 0) is 44.0 Å². The van der Waals surface area contributed by atoms with Gasteiger partial charge in [0.1, 0.15) is 5.69 Å². The fraction of sp³-hybridized carbons (Fsp3) is 0.286. The first-order valence-corrected chi connectivity index (χ1v) is 10.9. The maximum atomic E-state index is 12.8. The van der Waals surface area contributed by atoms with Crippen LogP contribution in [-0.4, -0.2) is 43.3 Å². The van der Waals surface area contributed by atoms with E-state index in [-0.39, 0.29) is 16.8 Å². The van der Waals surface area contributed by atoms with Crippen molar-refractivity contribution < 1.29 is 13.2 Å². The summed E-state index contributed by atoms with van der Waals surface area (Å²) in [4.78, 5) is 18.0. The molecule has 1 aliphatic heterocycles. The molecule has 0 radical (unpaired) electrons. The van der Waals surface area contributed by atoms with Crippen LogP contribution in [0, 0.1) is 6.92 Å². The van der Waals surface area contributed by atoms with Gasteiger partial charge in [0.15, 0.2) is 0 Å². The number of aromatic nitrogens is 1. The van der Waals surface area contributed by atoms with E-state index in [0.29, 0.717) is 31.6 Å². The van der Waals surface area contributed by atoms with Gasteiger partial charge in [-0.2, -0.15) is 0 Å². The molecule has 1 saturated heterocycles. The van der Waals surface area contributed by atoms with Gasteiger partial charge in [0, 0.05) is 30.0 Å². The molecule has 0 bridgehead atoms. The van der Waals surface area contributed by atoms with Crippen LogP contribution < -0.4 is 4.72 Å². The Balaban J connectivity index is 1.39. The first kappa shape index (κ1) is 18.7. The molecule has 1 aromatic heterocycles. The predicted molar refractivity (Wildman–Crippen MR) is 109 cm³/mol. The lowest BCUT2D eigenvalue weighted by atomic mass is 10.1. The summed E-state index contributed by atoms with van der Waals surface area (Å²) < 4.78 is 27.9. The third kappa shape index (κ3) is 3.81. The van der Waals surface area contributed by atoms with Crippen molar-refractivity contribution in [2.75, 3.05) is 13.1 Å². The van der Waals surface area contributed by atoms with Gasteiger partial charge in [-0.3, -0.25) is 4.79 Å². The minimum Gasteiger partial charge on any atom is -0.351 e. The third-order valence-electron chi connectivity index (χ3n) is 5.20. The molecule has 0 unspecified atom stereocenters. The van der Waals surface area contributed by atoms with Crippen LogP contribution in [0.2, 0.25) is 0 Å². The molecule has 1 aliphatic rings. The Morgan fingerprint density at radius 1 is 1.07 bits per heavy atom. The van der Waals surface area contributed by atoms with Crippen molar-refractivity contribution in [2.24, 2.45) is 0 Å². The summed E-state index contributed by atoms with van der Waals surface area (Å²) in [6, 6.07) is 16.3. The number of hydrogen-bond acceptors (Lipinski definition) is 3. The number of nitrogens with zero attached hydrogens (tertiary/aromatic N) is 1. The number of hydrogen-bond donors (Lipinski definition) is 2. The Labute approximate surface area is 164 Å². The number of benzene rings is 2. The number of fused-ring (bicyclic) bond motifs is 1. The Bertz CT molecular complexity index is 1060. The van der Waals surface area contributed by atoms with Gasteiger partial charge in [-0.1, -0.05) is 35.9 Å². The van der Waals surface area contributed by atoms with Crippen LogP contribution in [0.25, 0.3) is 10.9 Å². The highest BCUT2D eigenvalue weighted by molar-refractivity contribution is 7.89. The zero-order valence-electron chi connectivity index (χ0n) is 15.7. The average Bonchev–Trinajstić information content (AvgIpc) is 3.12.